The summed E-state index contributed by atoms with van der Waals surface area (Å²) in [6.07, 6.45) is 0. The fourth-order valence-electron chi connectivity index (χ4n) is 2.18. The van der Waals surface area contributed by atoms with Crippen molar-refractivity contribution in [2.45, 2.75) is 6.54 Å². The molecule has 0 aliphatic heterocycles. The number of ether oxygens (including phenoxy) is 1. The predicted octanol–water partition coefficient (Wildman–Crippen LogP) is 2.30. The summed E-state index contributed by atoms with van der Waals surface area (Å²) in [7, 11) is 1.34. The number of carbonyl (C=O) groups is 2. The third kappa shape index (κ3) is 5.92. The number of para-hydroxylation sites is 1. The number of hydrogen-bond acceptors (Lipinski definition) is 4. The van der Waals surface area contributed by atoms with E-state index < -0.39 is 0 Å². The highest BCUT2D eigenvalue weighted by Crippen LogP contribution is 2.07. The van der Waals surface area contributed by atoms with Crippen LogP contribution in [0.1, 0.15) is 5.56 Å². The van der Waals surface area contributed by atoms with Crippen LogP contribution in [0.15, 0.2) is 60.7 Å². The lowest BCUT2D eigenvalue weighted by Crippen LogP contribution is -2.36. The highest BCUT2D eigenvalue weighted by atomic mass is 16.5. The molecule has 1 amide bonds. The third-order valence-corrected chi connectivity index (χ3v) is 3.25. The molecule has 120 valence electrons. The van der Waals surface area contributed by atoms with E-state index in [1.54, 1.807) is 4.90 Å². The first-order valence-corrected chi connectivity index (χ1v) is 7.35. The number of amides is 1. The third-order valence-electron chi connectivity index (χ3n) is 3.25. The molecule has 0 radical (unpaired) electrons. The summed E-state index contributed by atoms with van der Waals surface area (Å²) in [6, 6.07) is 18.9. The van der Waals surface area contributed by atoms with Gasteiger partial charge in [0.1, 0.15) is 0 Å². The van der Waals surface area contributed by atoms with Crippen LogP contribution in [-0.2, 0) is 20.9 Å². The molecule has 0 spiro atoms. The van der Waals surface area contributed by atoms with E-state index in [9.17, 15) is 9.59 Å². The van der Waals surface area contributed by atoms with E-state index in [-0.39, 0.29) is 25.0 Å². The first-order chi connectivity index (χ1) is 11.2. The molecule has 0 saturated heterocycles. The van der Waals surface area contributed by atoms with Crippen molar-refractivity contribution in [1.82, 2.24) is 4.90 Å². The maximum Gasteiger partial charge on any atom is 0.319 e. The zero-order chi connectivity index (χ0) is 16.5. The van der Waals surface area contributed by atoms with Crippen LogP contribution >= 0.6 is 0 Å². The number of rotatable bonds is 7. The van der Waals surface area contributed by atoms with E-state index in [4.69, 9.17) is 4.74 Å². The Bertz CT molecular complexity index is 629. The molecule has 0 saturated carbocycles. The van der Waals surface area contributed by atoms with Crippen LogP contribution < -0.4 is 5.32 Å². The maximum absolute atomic E-state index is 12.2. The van der Waals surface area contributed by atoms with Gasteiger partial charge in [-0.25, -0.2) is 0 Å². The van der Waals surface area contributed by atoms with Gasteiger partial charge < -0.3 is 10.1 Å². The zero-order valence-corrected chi connectivity index (χ0v) is 13.1. The largest absolute Gasteiger partial charge is 0.468 e. The van der Waals surface area contributed by atoms with Crippen LogP contribution in [0, 0.1) is 0 Å². The van der Waals surface area contributed by atoms with Gasteiger partial charge in [0.2, 0.25) is 5.91 Å². The van der Waals surface area contributed by atoms with Gasteiger partial charge in [-0.1, -0.05) is 48.5 Å². The van der Waals surface area contributed by atoms with Crippen LogP contribution in [0.4, 0.5) is 5.69 Å². The Morgan fingerprint density at radius 1 is 0.957 bits per heavy atom. The minimum absolute atomic E-state index is 0.0631. The number of methoxy groups -OCH3 is 1. The van der Waals surface area contributed by atoms with Crippen molar-refractivity contribution in [2.75, 3.05) is 25.5 Å². The molecule has 1 N–H and O–H groups in total. The van der Waals surface area contributed by atoms with Crippen molar-refractivity contribution >= 4 is 17.6 Å². The van der Waals surface area contributed by atoms with E-state index in [0.29, 0.717) is 6.54 Å². The molecule has 5 heteroatoms. The maximum atomic E-state index is 12.2. The summed E-state index contributed by atoms with van der Waals surface area (Å²) in [5, 5.41) is 2.82. The Morgan fingerprint density at radius 2 is 1.57 bits per heavy atom. The van der Waals surface area contributed by atoms with E-state index in [2.05, 4.69) is 5.32 Å². The van der Waals surface area contributed by atoms with Gasteiger partial charge in [-0.15, -0.1) is 0 Å². The van der Waals surface area contributed by atoms with E-state index >= 15 is 0 Å². The Kier molecular flexibility index (Phi) is 6.32. The number of hydrogen-bond donors (Lipinski definition) is 1. The molecule has 23 heavy (non-hydrogen) atoms. The lowest BCUT2D eigenvalue weighted by molar-refractivity contribution is -0.142. The molecule has 2 aromatic rings. The number of benzene rings is 2. The Morgan fingerprint density at radius 3 is 2.17 bits per heavy atom. The van der Waals surface area contributed by atoms with Crippen LogP contribution in [0.2, 0.25) is 0 Å². The SMILES string of the molecule is COC(=O)CN(CC(=O)Nc1ccccc1)Cc1ccccc1. The van der Waals surface area contributed by atoms with E-state index in [1.165, 1.54) is 7.11 Å². The molecule has 0 aliphatic rings. The van der Waals surface area contributed by atoms with Gasteiger partial charge in [0, 0.05) is 12.2 Å². The standard InChI is InChI=1S/C18H20N2O3/c1-23-18(22)14-20(12-15-8-4-2-5-9-15)13-17(21)19-16-10-6-3-7-11-16/h2-11H,12-14H2,1H3,(H,19,21). The van der Waals surface area contributed by atoms with E-state index in [1.807, 2.05) is 60.7 Å². The summed E-state index contributed by atoms with van der Waals surface area (Å²) in [6.45, 7) is 0.671. The minimum Gasteiger partial charge on any atom is -0.468 e. The van der Waals surface area contributed by atoms with E-state index in [0.717, 1.165) is 11.3 Å². The van der Waals surface area contributed by atoms with Gasteiger partial charge in [0.15, 0.2) is 0 Å². The monoisotopic (exact) mass is 312 g/mol. The number of nitrogens with zero attached hydrogens (tertiary/aromatic N) is 1. The van der Waals surface area contributed by atoms with Crippen molar-refractivity contribution < 1.29 is 14.3 Å². The molecule has 0 aromatic heterocycles. The second-order valence-corrected chi connectivity index (χ2v) is 5.12. The highest BCUT2D eigenvalue weighted by molar-refractivity contribution is 5.92. The summed E-state index contributed by atoms with van der Waals surface area (Å²) < 4.78 is 4.71. The van der Waals surface area contributed by atoms with Crippen molar-refractivity contribution in [3.63, 3.8) is 0 Å². The van der Waals surface area contributed by atoms with Crippen LogP contribution in [0.5, 0.6) is 0 Å². The molecule has 0 heterocycles. The number of anilines is 1. The smallest absolute Gasteiger partial charge is 0.319 e. The summed E-state index contributed by atoms with van der Waals surface area (Å²) in [5.41, 5.74) is 1.76. The second kappa shape index (κ2) is 8.70. The molecule has 0 aliphatic carbocycles. The average Bonchev–Trinajstić information content (AvgIpc) is 2.56. The molecular weight excluding hydrogens is 292 g/mol. The molecule has 2 aromatic carbocycles. The molecule has 0 atom stereocenters. The molecule has 0 fully saturated rings. The first-order valence-electron chi connectivity index (χ1n) is 7.35. The Balaban J connectivity index is 1.98. The van der Waals surface area contributed by atoms with Gasteiger partial charge in [-0.05, 0) is 17.7 Å². The van der Waals surface area contributed by atoms with Crippen LogP contribution in [-0.4, -0.2) is 37.0 Å². The average molecular weight is 312 g/mol. The number of esters is 1. The van der Waals surface area contributed by atoms with Crippen molar-refractivity contribution in [3.8, 4) is 0 Å². The molecule has 0 unspecified atom stereocenters. The van der Waals surface area contributed by atoms with Crippen molar-refractivity contribution in [2.24, 2.45) is 0 Å². The van der Waals surface area contributed by atoms with Gasteiger partial charge in [-0.3, -0.25) is 14.5 Å². The molecule has 5 nitrogen and oxygen atoms in total. The van der Waals surface area contributed by atoms with Gasteiger partial charge in [0.05, 0.1) is 20.2 Å². The lowest BCUT2D eigenvalue weighted by Gasteiger charge is -2.20. The topological polar surface area (TPSA) is 58.6 Å². The molecular formula is C18H20N2O3. The highest BCUT2D eigenvalue weighted by Gasteiger charge is 2.15. The molecule has 0 bridgehead atoms. The normalized spacial score (nSPS) is 10.3. The van der Waals surface area contributed by atoms with Gasteiger partial charge >= 0.3 is 5.97 Å². The number of nitrogens with one attached hydrogen (secondary N) is 1. The number of carbonyl (C=O) groups excluding carboxylic acids is 2. The van der Waals surface area contributed by atoms with Crippen LogP contribution in [0.25, 0.3) is 0 Å². The summed E-state index contributed by atoms with van der Waals surface area (Å²) >= 11 is 0. The molecule has 2 rings (SSSR count). The Labute approximate surface area is 135 Å². The first kappa shape index (κ1) is 16.7. The van der Waals surface area contributed by atoms with Crippen molar-refractivity contribution in [1.29, 1.82) is 0 Å². The predicted molar refractivity (Wildman–Crippen MR) is 88.8 cm³/mol. The lowest BCUT2D eigenvalue weighted by atomic mass is 10.2. The second-order valence-electron chi connectivity index (χ2n) is 5.12. The quantitative estimate of drug-likeness (QED) is 0.797. The minimum atomic E-state index is -0.367. The fraction of sp³-hybridized carbons (Fsp3) is 0.222. The zero-order valence-electron chi connectivity index (χ0n) is 13.1. The van der Waals surface area contributed by atoms with Crippen LogP contribution in [0.3, 0.4) is 0 Å². The summed E-state index contributed by atoms with van der Waals surface area (Å²) in [5.74, 6) is -0.538. The Hall–Kier alpha value is -2.66. The van der Waals surface area contributed by atoms with Crippen molar-refractivity contribution in [3.05, 3.63) is 66.2 Å². The summed E-state index contributed by atoms with van der Waals surface area (Å²) in [4.78, 5) is 25.5. The fourth-order valence-corrected chi connectivity index (χ4v) is 2.18. The van der Waals surface area contributed by atoms with Gasteiger partial charge in [-0.2, -0.15) is 0 Å². The van der Waals surface area contributed by atoms with Gasteiger partial charge in [0.25, 0.3) is 0 Å².